The van der Waals surface area contributed by atoms with Crippen LogP contribution >= 0.6 is 11.6 Å². The van der Waals surface area contributed by atoms with E-state index < -0.39 is 6.09 Å². The standard InChI is InChI=1S/C14H16ClN5O3/c1-2-23-14(22)17-12-8-20(19-18-12)9-13(21)16-7-10-4-3-5-11(15)6-10/h3-6,8H,2,7,9H2,1H3,(H,16,21)(H,17,22). The first kappa shape index (κ1) is 16.8. The van der Waals surface area contributed by atoms with Crippen LogP contribution in [0.4, 0.5) is 10.6 Å². The number of aromatic nitrogens is 3. The molecule has 122 valence electrons. The number of rotatable bonds is 6. The Labute approximate surface area is 137 Å². The first-order valence-corrected chi connectivity index (χ1v) is 7.29. The summed E-state index contributed by atoms with van der Waals surface area (Å²) in [6, 6.07) is 7.22. The summed E-state index contributed by atoms with van der Waals surface area (Å²) in [6.07, 6.45) is 0.820. The molecule has 0 fully saturated rings. The van der Waals surface area contributed by atoms with Gasteiger partial charge in [-0.15, -0.1) is 5.10 Å². The van der Waals surface area contributed by atoms with E-state index in [9.17, 15) is 9.59 Å². The molecular formula is C14H16ClN5O3. The summed E-state index contributed by atoms with van der Waals surface area (Å²) < 4.78 is 6.03. The zero-order chi connectivity index (χ0) is 16.7. The summed E-state index contributed by atoms with van der Waals surface area (Å²) in [5.41, 5.74) is 0.897. The molecule has 23 heavy (non-hydrogen) atoms. The summed E-state index contributed by atoms with van der Waals surface area (Å²) >= 11 is 5.88. The molecule has 0 unspecified atom stereocenters. The molecule has 0 aliphatic heterocycles. The number of carbonyl (C=O) groups excluding carboxylic acids is 2. The largest absolute Gasteiger partial charge is 0.450 e. The fourth-order valence-electron chi connectivity index (χ4n) is 1.76. The van der Waals surface area contributed by atoms with Gasteiger partial charge in [0.05, 0.1) is 12.8 Å². The molecule has 0 bridgehead atoms. The van der Waals surface area contributed by atoms with E-state index >= 15 is 0 Å². The molecule has 2 amide bonds. The summed E-state index contributed by atoms with van der Waals surface area (Å²) in [7, 11) is 0. The predicted octanol–water partition coefficient (Wildman–Crippen LogP) is 1.82. The Balaban J connectivity index is 1.81. The number of anilines is 1. The molecule has 1 aromatic heterocycles. The van der Waals surface area contributed by atoms with Crippen LogP contribution in [0.5, 0.6) is 0 Å². The molecular weight excluding hydrogens is 322 g/mol. The molecule has 0 aliphatic carbocycles. The molecule has 1 aromatic carbocycles. The van der Waals surface area contributed by atoms with E-state index in [-0.39, 0.29) is 24.9 Å². The zero-order valence-corrected chi connectivity index (χ0v) is 13.2. The van der Waals surface area contributed by atoms with Crippen molar-refractivity contribution >= 4 is 29.4 Å². The first-order chi connectivity index (χ1) is 11.1. The smallest absolute Gasteiger partial charge is 0.412 e. The van der Waals surface area contributed by atoms with Crippen molar-refractivity contribution in [2.75, 3.05) is 11.9 Å². The quantitative estimate of drug-likeness (QED) is 0.837. The number of carbonyl (C=O) groups is 2. The van der Waals surface area contributed by atoms with Gasteiger partial charge >= 0.3 is 6.09 Å². The number of benzene rings is 1. The third-order valence-electron chi connectivity index (χ3n) is 2.73. The van der Waals surface area contributed by atoms with Gasteiger partial charge in [0.1, 0.15) is 6.54 Å². The molecule has 9 heteroatoms. The Hall–Kier alpha value is -2.61. The van der Waals surface area contributed by atoms with E-state index in [2.05, 4.69) is 20.9 Å². The van der Waals surface area contributed by atoms with E-state index in [1.807, 2.05) is 12.1 Å². The van der Waals surface area contributed by atoms with E-state index in [0.29, 0.717) is 11.6 Å². The second-order valence-corrected chi connectivity index (χ2v) is 4.99. The van der Waals surface area contributed by atoms with Crippen LogP contribution in [-0.2, 0) is 22.6 Å². The van der Waals surface area contributed by atoms with Gasteiger partial charge in [-0.1, -0.05) is 28.9 Å². The minimum absolute atomic E-state index is 0.0158. The Morgan fingerprint density at radius 2 is 2.22 bits per heavy atom. The number of amides is 2. The van der Waals surface area contributed by atoms with Crippen molar-refractivity contribution in [3.05, 3.63) is 41.0 Å². The van der Waals surface area contributed by atoms with Crippen molar-refractivity contribution in [1.82, 2.24) is 20.3 Å². The number of nitrogens with one attached hydrogen (secondary N) is 2. The lowest BCUT2D eigenvalue weighted by Crippen LogP contribution is -2.27. The van der Waals surface area contributed by atoms with Crippen LogP contribution in [0.1, 0.15) is 12.5 Å². The second kappa shape index (κ2) is 8.14. The Bertz CT molecular complexity index is 689. The van der Waals surface area contributed by atoms with Crippen LogP contribution in [0.2, 0.25) is 5.02 Å². The average molecular weight is 338 g/mol. The van der Waals surface area contributed by atoms with Gasteiger partial charge < -0.3 is 10.1 Å². The number of hydrogen-bond donors (Lipinski definition) is 2. The predicted molar refractivity (Wildman–Crippen MR) is 84.0 cm³/mol. The lowest BCUT2D eigenvalue weighted by Gasteiger charge is -2.05. The molecule has 2 rings (SSSR count). The van der Waals surface area contributed by atoms with Gasteiger partial charge in [-0.2, -0.15) is 0 Å². The second-order valence-electron chi connectivity index (χ2n) is 4.55. The highest BCUT2D eigenvalue weighted by atomic mass is 35.5. The third-order valence-corrected chi connectivity index (χ3v) is 2.96. The number of hydrogen-bond acceptors (Lipinski definition) is 5. The van der Waals surface area contributed by atoms with E-state index in [4.69, 9.17) is 16.3 Å². The molecule has 1 heterocycles. The topological polar surface area (TPSA) is 98.1 Å². The summed E-state index contributed by atoms with van der Waals surface area (Å²) in [6.45, 7) is 2.30. The maximum atomic E-state index is 11.9. The summed E-state index contributed by atoms with van der Waals surface area (Å²) in [4.78, 5) is 23.1. The monoisotopic (exact) mass is 337 g/mol. The van der Waals surface area contributed by atoms with E-state index in [1.54, 1.807) is 19.1 Å². The first-order valence-electron chi connectivity index (χ1n) is 6.92. The highest BCUT2D eigenvalue weighted by Gasteiger charge is 2.09. The molecule has 0 atom stereocenters. The van der Waals surface area contributed by atoms with Gasteiger partial charge in [0.2, 0.25) is 5.91 Å². The summed E-state index contributed by atoms with van der Waals surface area (Å²) in [5, 5.41) is 13.2. The van der Waals surface area contributed by atoms with Crippen LogP contribution in [0, 0.1) is 0 Å². The number of nitrogens with zero attached hydrogens (tertiary/aromatic N) is 3. The van der Waals surface area contributed by atoms with E-state index in [0.717, 1.165) is 5.56 Å². The lowest BCUT2D eigenvalue weighted by atomic mass is 10.2. The highest BCUT2D eigenvalue weighted by molar-refractivity contribution is 6.30. The molecule has 0 saturated carbocycles. The fraction of sp³-hybridized carbons (Fsp3) is 0.286. The van der Waals surface area contributed by atoms with Crippen LogP contribution in [-0.4, -0.2) is 33.6 Å². The highest BCUT2D eigenvalue weighted by Crippen LogP contribution is 2.10. The number of halogens is 1. The summed E-state index contributed by atoms with van der Waals surface area (Å²) in [5.74, 6) is -0.0244. The molecule has 0 saturated heterocycles. The zero-order valence-electron chi connectivity index (χ0n) is 12.5. The number of ether oxygens (including phenoxy) is 1. The Morgan fingerprint density at radius 1 is 1.39 bits per heavy atom. The van der Waals surface area contributed by atoms with Crippen LogP contribution in [0.15, 0.2) is 30.5 Å². The maximum Gasteiger partial charge on any atom is 0.412 e. The van der Waals surface area contributed by atoms with Crippen LogP contribution in [0.3, 0.4) is 0 Å². The van der Waals surface area contributed by atoms with Crippen molar-refractivity contribution in [2.45, 2.75) is 20.0 Å². The molecule has 8 nitrogen and oxygen atoms in total. The van der Waals surface area contributed by atoms with Crippen molar-refractivity contribution < 1.29 is 14.3 Å². The fourth-order valence-corrected chi connectivity index (χ4v) is 1.97. The van der Waals surface area contributed by atoms with Crippen LogP contribution < -0.4 is 10.6 Å². The van der Waals surface area contributed by atoms with Crippen molar-refractivity contribution in [1.29, 1.82) is 0 Å². The van der Waals surface area contributed by atoms with Gasteiger partial charge in [0.15, 0.2) is 5.82 Å². The van der Waals surface area contributed by atoms with Crippen molar-refractivity contribution in [3.63, 3.8) is 0 Å². The van der Waals surface area contributed by atoms with Gasteiger partial charge in [-0.25, -0.2) is 9.48 Å². The third kappa shape index (κ3) is 5.59. The van der Waals surface area contributed by atoms with Gasteiger partial charge in [0, 0.05) is 11.6 Å². The van der Waals surface area contributed by atoms with Crippen LogP contribution in [0.25, 0.3) is 0 Å². The Kier molecular flexibility index (Phi) is 5.93. The minimum atomic E-state index is -0.620. The molecule has 2 aromatic rings. The van der Waals surface area contributed by atoms with Crippen molar-refractivity contribution in [2.24, 2.45) is 0 Å². The van der Waals surface area contributed by atoms with Gasteiger partial charge in [-0.3, -0.25) is 10.1 Å². The van der Waals surface area contributed by atoms with Crippen molar-refractivity contribution in [3.8, 4) is 0 Å². The SMILES string of the molecule is CCOC(=O)Nc1cn(CC(=O)NCc2cccc(Cl)c2)nn1. The van der Waals surface area contributed by atoms with E-state index in [1.165, 1.54) is 10.9 Å². The van der Waals surface area contributed by atoms with Gasteiger partial charge in [-0.05, 0) is 24.6 Å². The average Bonchev–Trinajstić information content (AvgIpc) is 2.92. The Morgan fingerprint density at radius 3 is 2.96 bits per heavy atom. The molecule has 0 spiro atoms. The maximum absolute atomic E-state index is 11.9. The molecule has 2 N–H and O–H groups in total. The lowest BCUT2D eigenvalue weighted by molar-refractivity contribution is -0.122. The molecule has 0 aliphatic rings. The minimum Gasteiger partial charge on any atom is -0.450 e. The molecule has 0 radical (unpaired) electrons. The normalized spacial score (nSPS) is 10.2. The van der Waals surface area contributed by atoms with Gasteiger partial charge in [0.25, 0.3) is 0 Å².